The van der Waals surface area contributed by atoms with Gasteiger partial charge in [0.05, 0.1) is 11.4 Å². The standard InChI is InChI=1S/C22H24N6O2/c23-22-20(11-19(24-25-22)18-3-1-2-4-21(18)30)26-27-12-15-5-6-16(13-27)28(15)14-7-9-17(29)10-8-14/h1-4,7-11,15-16,29-30H,5-6,12-13H2,(H2,23,25)(H,24,26). The third kappa shape index (κ3) is 3.35. The molecule has 2 aliphatic rings. The number of phenolic OH excluding ortho intramolecular Hbond substituents is 2. The first-order chi connectivity index (χ1) is 14.6. The summed E-state index contributed by atoms with van der Waals surface area (Å²) in [5.41, 5.74) is 12.5. The average Bonchev–Trinajstić information content (AvgIpc) is 3.01. The molecule has 0 amide bonds. The number of nitrogens with one attached hydrogen (secondary N) is 1. The summed E-state index contributed by atoms with van der Waals surface area (Å²) in [6.45, 7) is 1.68. The van der Waals surface area contributed by atoms with Gasteiger partial charge in [-0.3, -0.25) is 0 Å². The molecule has 2 unspecified atom stereocenters. The van der Waals surface area contributed by atoms with Crippen LogP contribution >= 0.6 is 0 Å². The lowest BCUT2D eigenvalue weighted by molar-refractivity contribution is 0.261. The lowest BCUT2D eigenvalue weighted by Crippen LogP contribution is -2.55. The predicted octanol–water partition coefficient (Wildman–Crippen LogP) is 2.82. The number of anilines is 3. The Kier molecular flexibility index (Phi) is 4.55. The molecule has 5 rings (SSSR count). The maximum Gasteiger partial charge on any atom is 0.170 e. The van der Waals surface area contributed by atoms with Crippen LogP contribution in [0, 0.1) is 0 Å². The van der Waals surface area contributed by atoms with Gasteiger partial charge in [-0.2, -0.15) is 0 Å². The Morgan fingerprint density at radius 3 is 2.33 bits per heavy atom. The number of rotatable bonds is 4. The highest BCUT2D eigenvalue weighted by atomic mass is 16.3. The number of hydrazine groups is 1. The molecular formula is C22H24N6O2. The Labute approximate surface area is 174 Å². The van der Waals surface area contributed by atoms with Crippen molar-refractivity contribution in [2.24, 2.45) is 0 Å². The second kappa shape index (κ2) is 7.38. The van der Waals surface area contributed by atoms with Crippen molar-refractivity contribution in [1.29, 1.82) is 0 Å². The first kappa shape index (κ1) is 18.5. The Morgan fingerprint density at radius 1 is 0.933 bits per heavy atom. The number of piperazine rings is 1. The largest absolute Gasteiger partial charge is 0.508 e. The molecule has 0 spiro atoms. The van der Waals surface area contributed by atoms with Crippen LogP contribution in [-0.2, 0) is 0 Å². The topological polar surface area (TPSA) is 111 Å². The molecule has 1 aromatic heterocycles. The van der Waals surface area contributed by atoms with Gasteiger partial charge in [-0.15, -0.1) is 10.2 Å². The molecule has 0 radical (unpaired) electrons. The van der Waals surface area contributed by atoms with E-state index in [2.05, 4.69) is 25.5 Å². The van der Waals surface area contributed by atoms with Crippen molar-refractivity contribution in [1.82, 2.24) is 15.2 Å². The number of phenols is 2. The Bertz CT molecular complexity index is 1040. The molecule has 154 valence electrons. The van der Waals surface area contributed by atoms with Gasteiger partial charge < -0.3 is 26.3 Å². The monoisotopic (exact) mass is 404 g/mol. The zero-order valence-corrected chi connectivity index (χ0v) is 16.4. The number of hydrogen-bond acceptors (Lipinski definition) is 8. The molecule has 2 atom stereocenters. The van der Waals surface area contributed by atoms with E-state index in [1.165, 1.54) is 0 Å². The normalized spacial score (nSPS) is 21.0. The van der Waals surface area contributed by atoms with Gasteiger partial charge in [0, 0.05) is 36.4 Å². The fourth-order valence-corrected chi connectivity index (χ4v) is 4.52. The van der Waals surface area contributed by atoms with Crippen molar-refractivity contribution in [2.75, 3.05) is 29.1 Å². The number of nitrogens with two attached hydrogens (primary N) is 1. The summed E-state index contributed by atoms with van der Waals surface area (Å²) in [5.74, 6) is 0.762. The average molecular weight is 404 g/mol. The van der Waals surface area contributed by atoms with Crippen molar-refractivity contribution in [3.05, 3.63) is 54.6 Å². The minimum atomic E-state index is 0.156. The van der Waals surface area contributed by atoms with Gasteiger partial charge in [0.1, 0.15) is 11.5 Å². The molecular weight excluding hydrogens is 380 g/mol. The lowest BCUT2D eigenvalue weighted by Gasteiger charge is -2.42. The van der Waals surface area contributed by atoms with Crippen LogP contribution in [0.4, 0.5) is 17.2 Å². The molecule has 30 heavy (non-hydrogen) atoms. The lowest BCUT2D eigenvalue weighted by atomic mass is 10.1. The maximum atomic E-state index is 10.1. The summed E-state index contributed by atoms with van der Waals surface area (Å²) < 4.78 is 0. The van der Waals surface area contributed by atoms with E-state index in [0.717, 1.165) is 31.6 Å². The number of fused-ring (bicyclic) bond motifs is 2. The number of para-hydroxylation sites is 1. The number of hydrogen-bond donors (Lipinski definition) is 4. The molecule has 2 bridgehead atoms. The SMILES string of the molecule is Nc1nnc(-c2ccccc2O)cc1NN1CC2CCC(C1)N2c1ccc(O)cc1. The summed E-state index contributed by atoms with van der Waals surface area (Å²) >= 11 is 0. The van der Waals surface area contributed by atoms with Gasteiger partial charge in [-0.25, -0.2) is 5.01 Å². The van der Waals surface area contributed by atoms with E-state index in [9.17, 15) is 10.2 Å². The Hall–Kier alpha value is -3.52. The quantitative estimate of drug-likeness (QED) is 0.525. The fraction of sp³-hybridized carbons (Fsp3) is 0.273. The van der Waals surface area contributed by atoms with Crippen molar-refractivity contribution >= 4 is 17.2 Å². The molecule has 2 saturated heterocycles. The van der Waals surface area contributed by atoms with Crippen molar-refractivity contribution in [3.8, 4) is 22.8 Å². The second-order valence-electron chi connectivity index (χ2n) is 7.87. The van der Waals surface area contributed by atoms with Crippen LogP contribution in [0.2, 0.25) is 0 Å². The zero-order valence-electron chi connectivity index (χ0n) is 16.4. The van der Waals surface area contributed by atoms with Crippen LogP contribution in [0.25, 0.3) is 11.3 Å². The first-order valence-electron chi connectivity index (χ1n) is 10.1. The fourth-order valence-electron chi connectivity index (χ4n) is 4.52. The van der Waals surface area contributed by atoms with Gasteiger partial charge in [0.25, 0.3) is 0 Å². The number of benzene rings is 2. The van der Waals surface area contributed by atoms with E-state index < -0.39 is 0 Å². The highest BCUT2D eigenvalue weighted by Crippen LogP contribution is 2.36. The van der Waals surface area contributed by atoms with Crippen LogP contribution in [0.15, 0.2) is 54.6 Å². The smallest absolute Gasteiger partial charge is 0.170 e. The number of aromatic nitrogens is 2. The van der Waals surface area contributed by atoms with Crippen LogP contribution in [0.1, 0.15) is 12.8 Å². The summed E-state index contributed by atoms with van der Waals surface area (Å²) in [6.07, 6.45) is 2.24. The molecule has 8 nitrogen and oxygen atoms in total. The van der Waals surface area contributed by atoms with Gasteiger partial charge in [-0.1, -0.05) is 12.1 Å². The van der Waals surface area contributed by atoms with Crippen LogP contribution < -0.4 is 16.1 Å². The highest BCUT2D eigenvalue weighted by molar-refractivity contribution is 5.73. The Morgan fingerprint density at radius 2 is 1.63 bits per heavy atom. The van der Waals surface area contributed by atoms with Crippen LogP contribution in [0.5, 0.6) is 11.5 Å². The summed E-state index contributed by atoms with van der Waals surface area (Å²) in [6, 6.07) is 17.1. The van der Waals surface area contributed by atoms with Gasteiger partial charge in [0.2, 0.25) is 0 Å². The maximum absolute atomic E-state index is 10.1. The predicted molar refractivity (Wildman–Crippen MR) is 116 cm³/mol. The van der Waals surface area contributed by atoms with Gasteiger partial charge in [-0.05, 0) is 55.3 Å². The van der Waals surface area contributed by atoms with E-state index in [4.69, 9.17) is 5.73 Å². The first-order valence-corrected chi connectivity index (χ1v) is 10.1. The van der Waals surface area contributed by atoms with E-state index in [1.54, 1.807) is 30.3 Å². The highest BCUT2D eigenvalue weighted by Gasteiger charge is 2.40. The minimum absolute atomic E-state index is 0.156. The Balaban J connectivity index is 1.35. The van der Waals surface area contributed by atoms with E-state index in [1.807, 2.05) is 24.3 Å². The van der Waals surface area contributed by atoms with E-state index >= 15 is 0 Å². The number of nitrogens with zero attached hydrogens (tertiary/aromatic N) is 4. The molecule has 2 aromatic carbocycles. The summed E-state index contributed by atoms with van der Waals surface area (Å²) in [5, 5.41) is 30.1. The molecule has 8 heteroatoms. The number of aromatic hydroxyl groups is 2. The molecule has 2 aliphatic heterocycles. The van der Waals surface area contributed by atoms with Crippen molar-refractivity contribution in [2.45, 2.75) is 24.9 Å². The molecule has 0 saturated carbocycles. The van der Waals surface area contributed by atoms with Crippen molar-refractivity contribution in [3.63, 3.8) is 0 Å². The zero-order chi connectivity index (χ0) is 20.7. The third-order valence-electron chi connectivity index (χ3n) is 5.91. The molecule has 3 heterocycles. The summed E-state index contributed by atoms with van der Waals surface area (Å²) in [4.78, 5) is 2.46. The number of nitrogen functional groups attached to an aromatic ring is 1. The third-order valence-corrected chi connectivity index (χ3v) is 5.91. The van der Waals surface area contributed by atoms with Gasteiger partial charge >= 0.3 is 0 Å². The van der Waals surface area contributed by atoms with Crippen LogP contribution in [0.3, 0.4) is 0 Å². The molecule has 2 fully saturated rings. The molecule has 3 aromatic rings. The van der Waals surface area contributed by atoms with E-state index in [-0.39, 0.29) is 11.5 Å². The van der Waals surface area contributed by atoms with E-state index in [0.29, 0.717) is 34.8 Å². The minimum Gasteiger partial charge on any atom is -0.508 e. The van der Waals surface area contributed by atoms with Crippen molar-refractivity contribution < 1.29 is 10.2 Å². The summed E-state index contributed by atoms with van der Waals surface area (Å²) in [7, 11) is 0. The second-order valence-corrected chi connectivity index (χ2v) is 7.87. The molecule has 5 N–H and O–H groups in total. The van der Waals surface area contributed by atoms with Gasteiger partial charge in [0.15, 0.2) is 5.82 Å². The molecule has 0 aliphatic carbocycles. The van der Waals surface area contributed by atoms with Crippen LogP contribution in [-0.4, -0.2) is 50.6 Å².